The number of benzene rings is 1. The van der Waals surface area contributed by atoms with Crippen LogP contribution in [-0.2, 0) is 19.1 Å². The van der Waals surface area contributed by atoms with Crippen molar-refractivity contribution in [2.45, 2.75) is 32.1 Å². The maximum Gasteiger partial charge on any atom is 0.308 e. The van der Waals surface area contributed by atoms with Gasteiger partial charge < -0.3 is 14.8 Å². The van der Waals surface area contributed by atoms with Gasteiger partial charge in [-0.05, 0) is 25.0 Å². The highest BCUT2D eigenvalue weighted by Crippen LogP contribution is 2.38. The topological polar surface area (TPSA) is 136 Å². The monoisotopic (exact) mass is 422 g/mol. The summed E-state index contributed by atoms with van der Waals surface area (Å²) in [5.74, 6) is -1.87. The lowest BCUT2D eigenvalue weighted by atomic mass is 9.81. The van der Waals surface area contributed by atoms with Gasteiger partial charge in [-0.25, -0.2) is 4.98 Å². The molecular formula is C22H22N4O5. The summed E-state index contributed by atoms with van der Waals surface area (Å²) < 4.78 is 5.04. The number of aliphatic hydroxyl groups excluding tert-OH is 1. The molecule has 1 aliphatic carbocycles. The van der Waals surface area contributed by atoms with Crippen LogP contribution in [0.2, 0.25) is 0 Å². The van der Waals surface area contributed by atoms with Gasteiger partial charge in [-0.2, -0.15) is 5.26 Å². The van der Waals surface area contributed by atoms with E-state index in [0.29, 0.717) is 23.9 Å². The molecule has 2 aliphatic rings. The van der Waals surface area contributed by atoms with Crippen LogP contribution in [0.5, 0.6) is 0 Å². The van der Waals surface area contributed by atoms with Crippen molar-refractivity contribution in [3.05, 3.63) is 35.8 Å². The van der Waals surface area contributed by atoms with E-state index in [1.165, 1.54) is 0 Å². The third-order valence-corrected chi connectivity index (χ3v) is 5.87. The Labute approximate surface area is 178 Å². The van der Waals surface area contributed by atoms with Crippen molar-refractivity contribution in [3.8, 4) is 6.07 Å². The van der Waals surface area contributed by atoms with E-state index in [0.717, 1.165) is 17.7 Å². The van der Waals surface area contributed by atoms with E-state index in [9.17, 15) is 24.8 Å². The number of imidazole rings is 1. The van der Waals surface area contributed by atoms with Crippen LogP contribution >= 0.6 is 0 Å². The largest absolute Gasteiger partial charge is 0.507 e. The van der Waals surface area contributed by atoms with Gasteiger partial charge in [-0.1, -0.05) is 25.0 Å². The molecule has 1 saturated carbocycles. The molecule has 9 heteroatoms. The molecule has 0 unspecified atom stereocenters. The second kappa shape index (κ2) is 8.60. The molecule has 1 saturated heterocycles. The van der Waals surface area contributed by atoms with Crippen LogP contribution in [-0.4, -0.2) is 50.9 Å². The highest BCUT2D eigenvalue weighted by molar-refractivity contribution is 6.05. The fraction of sp³-hybridized carbons (Fsp3) is 0.409. The molecule has 2 amide bonds. The molecule has 31 heavy (non-hydrogen) atoms. The molecule has 2 N–H and O–H groups in total. The highest BCUT2D eigenvalue weighted by Gasteiger charge is 2.47. The third kappa shape index (κ3) is 4.01. The molecule has 0 radical (unpaired) electrons. The standard InChI is InChI=1S/C22H22N4O5/c23-11-15(20-24-16-7-3-4-8-17(16)25-20)18(27)12-31-19(28)9-10-26-21(29)13-5-1-2-6-14(13)22(26)30/h3-4,7-8,13-14,27H,1-2,5-6,9-10,12H2,(H,24,25)/t13-,14-/m0/s1. The van der Waals surface area contributed by atoms with Gasteiger partial charge in [0.25, 0.3) is 0 Å². The Bertz CT molecular complexity index is 1060. The number of aromatic nitrogens is 2. The minimum absolute atomic E-state index is 0.0390. The molecule has 160 valence electrons. The molecule has 9 nitrogen and oxygen atoms in total. The first-order valence-corrected chi connectivity index (χ1v) is 10.3. The Hall–Kier alpha value is -3.67. The molecule has 4 rings (SSSR count). The van der Waals surface area contributed by atoms with E-state index in [-0.39, 0.29) is 48.0 Å². The minimum Gasteiger partial charge on any atom is -0.507 e. The lowest BCUT2D eigenvalue weighted by Crippen LogP contribution is -2.33. The first kappa shape index (κ1) is 20.6. The number of nitriles is 1. The lowest BCUT2D eigenvalue weighted by molar-refractivity contribution is -0.145. The number of amides is 2. The maximum absolute atomic E-state index is 12.4. The Morgan fingerprint density at radius 2 is 1.90 bits per heavy atom. The quantitative estimate of drug-likeness (QED) is 0.316. The van der Waals surface area contributed by atoms with Gasteiger partial charge in [-0.3, -0.25) is 19.3 Å². The van der Waals surface area contributed by atoms with Crippen molar-refractivity contribution in [1.82, 2.24) is 14.9 Å². The van der Waals surface area contributed by atoms with Crippen LogP contribution in [0.1, 0.15) is 37.9 Å². The van der Waals surface area contributed by atoms with Gasteiger partial charge in [0.15, 0.2) is 11.6 Å². The normalized spacial score (nSPS) is 21.6. The summed E-state index contributed by atoms with van der Waals surface area (Å²) in [5, 5.41) is 19.6. The summed E-state index contributed by atoms with van der Waals surface area (Å²) in [6, 6.07) is 9.03. The fourth-order valence-corrected chi connectivity index (χ4v) is 4.27. The Balaban J connectivity index is 1.35. The Morgan fingerprint density at radius 3 is 2.55 bits per heavy atom. The van der Waals surface area contributed by atoms with Crippen LogP contribution in [0.4, 0.5) is 0 Å². The number of fused-ring (bicyclic) bond motifs is 2. The number of ether oxygens (including phenoxy) is 1. The third-order valence-electron chi connectivity index (χ3n) is 5.87. The summed E-state index contributed by atoms with van der Waals surface area (Å²) in [6.45, 7) is -0.547. The predicted octanol–water partition coefficient (Wildman–Crippen LogP) is 2.46. The van der Waals surface area contributed by atoms with E-state index in [2.05, 4.69) is 9.97 Å². The van der Waals surface area contributed by atoms with Crippen molar-refractivity contribution < 1.29 is 24.2 Å². The van der Waals surface area contributed by atoms with Crippen molar-refractivity contribution >= 4 is 34.4 Å². The predicted molar refractivity (Wildman–Crippen MR) is 109 cm³/mol. The minimum atomic E-state index is -0.677. The fourth-order valence-electron chi connectivity index (χ4n) is 4.27. The Kier molecular flexibility index (Phi) is 5.71. The van der Waals surface area contributed by atoms with E-state index in [1.54, 1.807) is 18.2 Å². The molecule has 1 aliphatic heterocycles. The van der Waals surface area contributed by atoms with Crippen molar-refractivity contribution in [1.29, 1.82) is 5.26 Å². The number of carbonyl (C=O) groups excluding carboxylic acids is 3. The van der Waals surface area contributed by atoms with E-state index >= 15 is 0 Å². The smallest absolute Gasteiger partial charge is 0.308 e. The number of esters is 1. The molecule has 1 aromatic heterocycles. The van der Waals surface area contributed by atoms with Crippen LogP contribution in [0.3, 0.4) is 0 Å². The number of rotatable bonds is 6. The van der Waals surface area contributed by atoms with Crippen LogP contribution in [0.25, 0.3) is 16.6 Å². The number of nitrogens with one attached hydrogen (secondary N) is 1. The zero-order valence-corrected chi connectivity index (χ0v) is 16.8. The number of allylic oxidation sites excluding steroid dienone is 1. The number of hydrogen-bond donors (Lipinski definition) is 2. The van der Waals surface area contributed by atoms with Crippen molar-refractivity contribution in [2.75, 3.05) is 13.2 Å². The van der Waals surface area contributed by atoms with Gasteiger partial charge in [0.1, 0.15) is 18.2 Å². The first-order valence-electron chi connectivity index (χ1n) is 10.3. The molecule has 2 aromatic rings. The molecule has 2 atom stereocenters. The lowest BCUT2D eigenvalue weighted by Gasteiger charge is -2.19. The molecule has 2 fully saturated rings. The number of aliphatic hydroxyl groups is 1. The summed E-state index contributed by atoms with van der Waals surface area (Å²) >= 11 is 0. The Morgan fingerprint density at radius 1 is 1.23 bits per heavy atom. The van der Waals surface area contributed by atoms with Gasteiger partial charge >= 0.3 is 5.97 Å². The zero-order chi connectivity index (χ0) is 22.0. The van der Waals surface area contributed by atoms with Crippen molar-refractivity contribution in [2.24, 2.45) is 11.8 Å². The van der Waals surface area contributed by atoms with Crippen LogP contribution in [0.15, 0.2) is 30.0 Å². The highest BCUT2D eigenvalue weighted by atomic mass is 16.5. The molecule has 2 heterocycles. The maximum atomic E-state index is 12.4. The number of hydrogen-bond acceptors (Lipinski definition) is 7. The number of aromatic amines is 1. The molecular weight excluding hydrogens is 400 g/mol. The molecule has 1 aromatic carbocycles. The van der Waals surface area contributed by atoms with E-state index < -0.39 is 18.3 Å². The summed E-state index contributed by atoms with van der Waals surface area (Å²) in [5.41, 5.74) is 1.21. The van der Waals surface area contributed by atoms with E-state index in [1.807, 2.05) is 12.1 Å². The van der Waals surface area contributed by atoms with Gasteiger partial charge in [0.05, 0.1) is 29.3 Å². The first-order chi connectivity index (χ1) is 15.0. The number of likely N-dealkylation sites (tertiary alicyclic amines) is 1. The van der Waals surface area contributed by atoms with Gasteiger partial charge in [0, 0.05) is 6.54 Å². The molecule has 0 spiro atoms. The number of carbonyl (C=O) groups is 3. The number of nitrogens with zero attached hydrogens (tertiary/aromatic N) is 3. The number of para-hydroxylation sites is 2. The van der Waals surface area contributed by atoms with Gasteiger partial charge in [0.2, 0.25) is 11.8 Å². The van der Waals surface area contributed by atoms with E-state index in [4.69, 9.17) is 4.74 Å². The van der Waals surface area contributed by atoms with Crippen molar-refractivity contribution in [3.63, 3.8) is 0 Å². The number of imide groups is 1. The summed E-state index contributed by atoms with van der Waals surface area (Å²) in [7, 11) is 0. The second-order valence-corrected chi connectivity index (χ2v) is 7.77. The second-order valence-electron chi connectivity index (χ2n) is 7.77. The van der Waals surface area contributed by atoms with Crippen LogP contribution < -0.4 is 0 Å². The average Bonchev–Trinajstić information content (AvgIpc) is 3.31. The summed E-state index contributed by atoms with van der Waals surface area (Å²) in [4.78, 5) is 45.4. The SMILES string of the molecule is N#CC(=C(O)COC(=O)CCN1C(=O)[C@H]2CCCC[C@@H]2C1=O)c1nc2ccccc2[nH]1. The van der Waals surface area contributed by atoms with Gasteiger partial charge in [-0.15, -0.1) is 0 Å². The average molecular weight is 422 g/mol. The summed E-state index contributed by atoms with van der Waals surface area (Å²) in [6.07, 6.45) is 3.14. The zero-order valence-electron chi connectivity index (χ0n) is 16.8. The van der Waals surface area contributed by atoms with Crippen LogP contribution in [0, 0.1) is 23.2 Å². The number of H-pyrrole nitrogens is 1. The molecule has 0 bridgehead atoms.